The van der Waals surface area contributed by atoms with Crippen LogP contribution in [0.4, 0.5) is 0 Å². The van der Waals surface area contributed by atoms with Gasteiger partial charge in [0.05, 0.1) is 18.1 Å². The number of sulfone groups is 1. The molecule has 0 saturated carbocycles. The van der Waals surface area contributed by atoms with Crippen LogP contribution in [0.2, 0.25) is 0 Å². The minimum atomic E-state index is -2.85. The molecule has 3 rings (SSSR count). The van der Waals surface area contributed by atoms with Crippen LogP contribution < -0.4 is 5.32 Å². The lowest BCUT2D eigenvalue weighted by molar-refractivity contribution is 0.0830. The van der Waals surface area contributed by atoms with Gasteiger partial charge in [-0.2, -0.15) is 4.98 Å². The highest BCUT2D eigenvalue weighted by Gasteiger charge is 2.28. The molecule has 2 fully saturated rings. The monoisotopic (exact) mass is 301 g/mol. The average Bonchev–Trinajstić information content (AvgIpc) is 3.04. The SMILES string of the molecule is O=S1(=O)CCC(NCc2nc(C3CCOCC3)no2)C1. The van der Waals surface area contributed by atoms with E-state index in [4.69, 9.17) is 9.26 Å². The van der Waals surface area contributed by atoms with Gasteiger partial charge in [-0.15, -0.1) is 0 Å². The first kappa shape index (κ1) is 14.0. The van der Waals surface area contributed by atoms with Gasteiger partial charge in [0.2, 0.25) is 5.89 Å². The molecule has 0 aromatic carbocycles. The number of hydrogen-bond donors (Lipinski definition) is 1. The summed E-state index contributed by atoms with van der Waals surface area (Å²) in [5.41, 5.74) is 0. The maximum Gasteiger partial charge on any atom is 0.240 e. The lowest BCUT2D eigenvalue weighted by Gasteiger charge is -2.18. The molecule has 7 nitrogen and oxygen atoms in total. The van der Waals surface area contributed by atoms with E-state index in [2.05, 4.69) is 15.5 Å². The van der Waals surface area contributed by atoms with Crippen LogP contribution in [0.1, 0.15) is 36.9 Å². The molecule has 3 heterocycles. The number of ether oxygens (including phenoxy) is 1. The van der Waals surface area contributed by atoms with Crippen molar-refractivity contribution >= 4 is 9.84 Å². The predicted octanol–water partition coefficient (Wildman–Crippen LogP) is 0.240. The quantitative estimate of drug-likeness (QED) is 0.851. The molecule has 0 bridgehead atoms. The molecule has 2 aliphatic rings. The van der Waals surface area contributed by atoms with Crippen LogP contribution in [0.3, 0.4) is 0 Å². The van der Waals surface area contributed by atoms with E-state index < -0.39 is 9.84 Å². The third-order valence-corrected chi connectivity index (χ3v) is 5.61. The number of rotatable bonds is 4. The highest BCUT2D eigenvalue weighted by Crippen LogP contribution is 2.24. The molecule has 112 valence electrons. The molecule has 1 N–H and O–H groups in total. The van der Waals surface area contributed by atoms with Crippen LogP contribution in [0.5, 0.6) is 0 Å². The van der Waals surface area contributed by atoms with Crippen molar-refractivity contribution in [3.8, 4) is 0 Å². The molecule has 1 atom stereocenters. The van der Waals surface area contributed by atoms with Gasteiger partial charge < -0.3 is 14.6 Å². The average molecular weight is 301 g/mol. The van der Waals surface area contributed by atoms with Crippen LogP contribution in [-0.4, -0.2) is 49.3 Å². The first-order valence-electron chi connectivity index (χ1n) is 6.96. The second kappa shape index (κ2) is 5.79. The molecule has 2 saturated heterocycles. The third-order valence-electron chi connectivity index (χ3n) is 3.84. The summed E-state index contributed by atoms with van der Waals surface area (Å²) in [6, 6.07) is -0.00145. The largest absolute Gasteiger partial charge is 0.381 e. The Morgan fingerprint density at radius 3 is 2.75 bits per heavy atom. The first-order valence-corrected chi connectivity index (χ1v) is 8.78. The van der Waals surface area contributed by atoms with Crippen LogP contribution in [0.15, 0.2) is 4.52 Å². The van der Waals surface area contributed by atoms with Crippen molar-refractivity contribution in [3.05, 3.63) is 11.7 Å². The number of aromatic nitrogens is 2. The van der Waals surface area contributed by atoms with E-state index in [0.29, 0.717) is 24.8 Å². The molecule has 20 heavy (non-hydrogen) atoms. The van der Waals surface area contributed by atoms with Crippen molar-refractivity contribution in [1.29, 1.82) is 0 Å². The van der Waals surface area contributed by atoms with Gasteiger partial charge in [-0.1, -0.05) is 5.16 Å². The lowest BCUT2D eigenvalue weighted by atomic mass is 10.00. The van der Waals surface area contributed by atoms with Crippen molar-refractivity contribution in [3.63, 3.8) is 0 Å². The molecule has 8 heteroatoms. The topological polar surface area (TPSA) is 94.3 Å². The molecule has 0 aliphatic carbocycles. The van der Waals surface area contributed by atoms with Gasteiger partial charge in [-0.25, -0.2) is 8.42 Å². The Morgan fingerprint density at radius 1 is 1.25 bits per heavy atom. The Kier molecular flexibility index (Phi) is 4.04. The van der Waals surface area contributed by atoms with E-state index in [1.165, 1.54) is 0 Å². The van der Waals surface area contributed by atoms with Gasteiger partial charge >= 0.3 is 0 Å². The highest BCUT2D eigenvalue weighted by atomic mass is 32.2. The minimum Gasteiger partial charge on any atom is -0.381 e. The smallest absolute Gasteiger partial charge is 0.240 e. The van der Waals surface area contributed by atoms with Crippen LogP contribution in [-0.2, 0) is 21.1 Å². The highest BCUT2D eigenvalue weighted by molar-refractivity contribution is 7.91. The van der Waals surface area contributed by atoms with Crippen molar-refractivity contribution in [2.24, 2.45) is 0 Å². The Morgan fingerprint density at radius 2 is 2.05 bits per heavy atom. The van der Waals surface area contributed by atoms with Crippen molar-refractivity contribution in [2.75, 3.05) is 24.7 Å². The molecular weight excluding hydrogens is 282 g/mol. The number of nitrogens with one attached hydrogen (secondary N) is 1. The zero-order valence-electron chi connectivity index (χ0n) is 11.2. The van der Waals surface area contributed by atoms with E-state index in [-0.39, 0.29) is 17.5 Å². The van der Waals surface area contributed by atoms with Crippen molar-refractivity contribution in [2.45, 2.75) is 37.8 Å². The summed E-state index contributed by atoms with van der Waals surface area (Å²) in [5, 5.41) is 7.18. The van der Waals surface area contributed by atoms with Crippen molar-refractivity contribution in [1.82, 2.24) is 15.5 Å². The molecule has 1 aromatic heterocycles. The van der Waals surface area contributed by atoms with Gasteiger partial charge in [-0.05, 0) is 19.3 Å². The Bertz CT molecular complexity index is 551. The molecular formula is C12H19N3O4S. The summed E-state index contributed by atoms with van der Waals surface area (Å²) in [5.74, 6) is 2.04. The van der Waals surface area contributed by atoms with E-state index in [1.54, 1.807) is 0 Å². The second-order valence-corrected chi connectivity index (χ2v) is 7.64. The van der Waals surface area contributed by atoms with Crippen LogP contribution >= 0.6 is 0 Å². The van der Waals surface area contributed by atoms with Crippen LogP contribution in [0.25, 0.3) is 0 Å². The van der Waals surface area contributed by atoms with Gasteiger partial charge in [0.15, 0.2) is 15.7 Å². The standard InChI is InChI=1S/C12H19N3O4S/c16-20(17)6-3-10(8-20)13-7-11-14-12(15-19-11)9-1-4-18-5-2-9/h9-10,13H,1-8H2. The Balaban J connectivity index is 1.52. The Labute approximate surface area is 118 Å². The van der Waals surface area contributed by atoms with Crippen molar-refractivity contribution < 1.29 is 17.7 Å². The fourth-order valence-corrected chi connectivity index (χ4v) is 4.36. The van der Waals surface area contributed by atoms with E-state index in [9.17, 15) is 8.42 Å². The summed E-state index contributed by atoms with van der Waals surface area (Å²) in [7, 11) is -2.85. The molecule has 2 aliphatic heterocycles. The van der Waals surface area contributed by atoms with Gasteiger partial charge in [0.1, 0.15) is 0 Å². The van der Waals surface area contributed by atoms with E-state index in [1.807, 2.05) is 0 Å². The fourth-order valence-electron chi connectivity index (χ4n) is 2.65. The fraction of sp³-hybridized carbons (Fsp3) is 0.833. The predicted molar refractivity (Wildman–Crippen MR) is 71.0 cm³/mol. The summed E-state index contributed by atoms with van der Waals surface area (Å²) in [6.07, 6.45) is 2.50. The zero-order valence-corrected chi connectivity index (χ0v) is 12.1. The maximum atomic E-state index is 11.4. The summed E-state index contributed by atoms with van der Waals surface area (Å²) < 4.78 is 33.2. The first-order chi connectivity index (χ1) is 9.62. The Hall–Kier alpha value is -0.990. The molecule has 0 amide bonds. The molecule has 0 radical (unpaired) electrons. The maximum absolute atomic E-state index is 11.4. The summed E-state index contributed by atoms with van der Waals surface area (Å²) in [6.45, 7) is 1.91. The summed E-state index contributed by atoms with van der Waals surface area (Å²) >= 11 is 0. The second-order valence-electron chi connectivity index (χ2n) is 5.41. The summed E-state index contributed by atoms with van der Waals surface area (Å²) in [4.78, 5) is 4.39. The van der Waals surface area contributed by atoms with Gasteiger partial charge in [-0.3, -0.25) is 0 Å². The lowest BCUT2D eigenvalue weighted by Crippen LogP contribution is -2.29. The van der Waals surface area contributed by atoms with E-state index in [0.717, 1.165) is 31.9 Å². The van der Waals surface area contributed by atoms with Gasteiger partial charge in [0.25, 0.3) is 0 Å². The van der Waals surface area contributed by atoms with Gasteiger partial charge in [0, 0.05) is 25.2 Å². The molecule has 0 spiro atoms. The van der Waals surface area contributed by atoms with Crippen LogP contribution in [0, 0.1) is 0 Å². The zero-order chi connectivity index (χ0) is 14.0. The molecule has 1 unspecified atom stereocenters. The van der Waals surface area contributed by atoms with E-state index >= 15 is 0 Å². The third kappa shape index (κ3) is 3.36. The minimum absolute atomic E-state index is 0.00145. The molecule has 1 aromatic rings. The number of hydrogen-bond acceptors (Lipinski definition) is 7. The number of nitrogens with zero attached hydrogens (tertiary/aromatic N) is 2. The normalized spacial score (nSPS) is 26.9.